The van der Waals surface area contributed by atoms with Gasteiger partial charge >= 0.3 is 0 Å². The number of hydrogen-bond acceptors (Lipinski definition) is 2. The van der Waals surface area contributed by atoms with E-state index in [9.17, 15) is 4.79 Å². The van der Waals surface area contributed by atoms with E-state index in [2.05, 4.69) is 21.2 Å². The Morgan fingerprint density at radius 3 is 2.59 bits per heavy atom. The molecule has 2 N–H and O–H groups in total. The lowest BCUT2D eigenvalue weighted by molar-refractivity contribution is -0.123. The van der Waals surface area contributed by atoms with Crippen LogP contribution in [0, 0.1) is 5.92 Å². The second kappa shape index (κ2) is 7.06. The molecule has 1 fully saturated rings. The highest BCUT2D eigenvalue weighted by atomic mass is 79.9. The summed E-state index contributed by atoms with van der Waals surface area (Å²) in [6, 6.07) is 7.94. The molecule has 0 heterocycles. The van der Waals surface area contributed by atoms with Gasteiger partial charge in [-0.1, -0.05) is 34.1 Å². The molecule has 1 aliphatic carbocycles. The van der Waals surface area contributed by atoms with E-state index >= 15 is 0 Å². The molecule has 0 radical (unpaired) electrons. The van der Waals surface area contributed by atoms with Crippen molar-refractivity contribution in [1.82, 2.24) is 5.32 Å². The summed E-state index contributed by atoms with van der Waals surface area (Å²) in [6.45, 7) is 0.372. The molecule has 92 valence electrons. The van der Waals surface area contributed by atoms with E-state index < -0.39 is 0 Å². The average molecular weight is 300 g/mol. The topological polar surface area (TPSA) is 66.4 Å². The van der Waals surface area contributed by atoms with Crippen LogP contribution in [-0.2, 0) is 16.1 Å². The van der Waals surface area contributed by atoms with Crippen molar-refractivity contribution in [1.29, 1.82) is 0 Å². The molecule has 0 aliphatic heterocycles. The predicted molar refractivity (Wildman–Crippen MR) is 67.4 cm³/mol. The molecule has 0 aromatic heterocycles. The third-order valence-electron chi connectivity index (χ3n) is 2.36. The molecule has 0 bridgehead atoms. The number of carbonyl (C=O) groups is 2. The van der Waals surface area contributed by atoms with E-state index in [0.29, 0.717) is 6.54 Å². The largest absolute Gasteiger partial charge is 0.483 e. The maximum absolute atomic E-state index is 11.4. The fraction of sp³-hybridized carbons (Fsp3) is 0.333. The lowest BCUT2D eigenvalue weighted by Gasteiger charge is -2.05. The van der Waals surface area contributed by atoms with Crippen molar-refractivity contribution in [3.05, 3.63) is 34.3 Å². The van der Waals surface area contributed by atoms with E-state index in [-0.39, 0.29) is 18.3 Å². The van der Waals surface area contributed by atoms with Crippen LogP contribution >= 0.6 is 15.9 Å². The summed E-state index contributed by atoms with van der Waals surface area (Å²) in [5.74, 6) is 0.484. The maximum Gasteiger partial charge on any atom is 0.290 e. The van der Waals surface area contributed by atoms with Crippen LogP contribution < -0.4 is 5.32 Å². The maximum atomic E-state index is 11.4. The summed E-state index contributed by atoms with van der Waals surface area (Å²) in [4.78, 5) is 19.7. The lowest BCUT2D eigenvalue weighted by atomic mass is 10.2. The molecule has 1 aliphatic rings. The Morgan fingerprint density at radius 1 is 1.47 bits per heavy atom. The van der Waals surface area contributed by atoms with Crippen LogP contribution in [0.4, 0.5) is 0 Å². The lowest BCUT2D eigenvalue weighted by Crippen LogP contribution is -2.24. The van der Waals surface area contributed by atoms with Crippen molar-refractivity contribution in [2.45, 2.75) is 19.4 Å². The van der Waals surface area contributed by atoms with E-state index in [1.165, 1.54) is 0 Å². The van der Waals surface area contributed by atoms with Gasteiger partial charge in [-0.3, -0.25) is 9.59 Å². The molecular weight excluding hydrogens is 286 g/mol. The van der Waals surface area contributed by atoms with Gasteiger partial charge in [0, 0.05) is 16.9 Å². The van der Waals surface area contributed by atoms with Crippen molar-refractivity contribution < 1.29 is 14.7 Å². The monoisotopic (exact) mass is 299 g/mol. The summed E-state index contributed by atoms with van der Waals surface area (Å²) >= 11 is 3.45. The number of carbonyl (C=O) groups excluding carboxylic acids is 1. The smallest absolute Gasteiger partial charge is 0.290 e. The van der Waals surface area contributed by atoms with Crippen molar-refractivity contribution in [2.24, 2.45) is 5.92 Å². The van der Waals surface area contributed by atoms with Gasteiger partial charge in [-0.15, -0.1) is 0 Å². The molecule has 1 aromatic carbocycles. The molecule has 1 aromatic rings. The first-order chi connectivity index (χ1) is 8.19. The van der Waals surface area contributed by atoms with Crippen molar-refractivity contribution in [3.63, 3.8) is 0 Å². The molecule has 0 saturated heterocycles. The minimum Gasteiger partial charge on any atom is -0.483 e. The SMILES string of the molecule is O=C(NCc1ccccc1Br)C1CC1.O=CO. The zero-order chi connectivity index (χ0) is 12.7. The minimum atomic E-state index is -0.250. The fourth-order valence-electron chi connectivity index (χ4n) is 1.31. The Balaban J connectivity index is 0.000000437. The molecule has 5 heteroatoms. The highest BCUT2D eigenvalue weighted by molar-refractivity contribution is 9.10. The summed E-state index contributed by atoms with van der Waals surface area (Å²) in [6.07, 6.45) is 2.11. The highest BCUT2D eigenvalue weighted by Gasteiger charge is 2.29. The van der Waals surface area contributed by atoms with E-state index in [4.69, 9.17) is 9.90 Å². The first-order valence-electron chi connectivity index (χ1n) is 5.28. The third-order valence-corrected chi connectivity index (χ3v) is 3.13. The number of hydrogen-bond donors (Lipinski definition) is 2. The number of halogens is 1. The number of benzene rings is 1. The minimum absolute atomic E-state index is 0.195. The van der Waals surface area contributed by atoms with Gasteiger partial charge in [0.2, 0.25) is 5.91 Å². The molecule has 0 unspecified atom stereocenters. The van der Waals surface area contributed by atoms with Gasteiger partial charge in [0.15, 0.2) is 0 Å². The van der Waals surface area contributed by atoms with Gasteiger partial charge < -0.3 is 10.4 Å². The molecule has 17 heavy (non-hydrogen) atoms. The molecule has 2 rings (SSSR count). The Labute approximate surface area is 108 Å². The molecule has 1 saturated carbocycles. The van der Waals surface area contributed by atoms with Crippen LogP contribution in [0.25, 0.3) is 0 Å². The van der Waals surface area contributed by atoms with E-state index in [0.717, 1.165) is 22.9 Å². The predicted octanol–water partition coefficient (Wildman–Crippen LogP) is 2.18. The zero-order valence-corrected chi connectivity index (χ0v) is 10.8. The van der Waals surface area contributed by atoms with Crippen LogP contribution in [0.15, 0.2) is 28.7 Å². The number of amides is 1. The second-order valence-electron chi connectivity index (χ2n) is 3.69. The highest BCUT2D eigenvalue weighted by Crippen LogP contribution is 2.29. The van der Waals surface area contributed by atoms with Gasteiger partial charge in [0.1, 0.15) is 0 Å². The van der Waals surface area contributed by atoms with Gasteiger partial charge in [-0.25, -0.2) is 0 Å². The Bertz CT molecular complexity index is 391. The van der Waals surface area contributed by atoms with Gasteiger partial charge in [0.25, 0.3) is 6.47 Å². The number of carboxylic acid groups (broad SMARTS) is 1. The fourth-order valence-corrected chi connectivity index (χ4v) is 1.74. The van der Waals surface area contributed by atoms with Crippen molar-refractivity contribution in [2.75, 3.05) is 0 Å². The Morgan fingerprint density at radius 2 is 2.06 bits per heavy atom. The summed E-state index contributed by atoms with van der Waals surface area (Å²) in [7, 11) is 0. The normalized spacial score (nSPS) is 13.2. The van der Waals surface area contributed by atoms with E-state index in [1.807, 2.05) is 24.3 Å². The Hall–Kier alpha value is -1.36. The van der Waals surface area contributed by atoms with Gasteiger partial charge in [-0.05, 0) is 24.5 Å². The average Bonchev–Trinajstić information content (AvgIpc) is 3.12. The zero-order valence-electron chi connectivity index (χ0n) is 9.23. The summed E-state index contributed by atoms with van der Waals surface area (Å²) in [5.41, 5.74) is 1.13. The van der Waals surface area contributed by atoms with Crippen LogP contribution in [0.3, 0.4) is 0 Å². The third kappa shape index (κ3) is 4.99. The second-order valence-corrected chi connectivity index (χ2v) is 4.54. The number of nitrogens with one attached hydrogen (secondary N) is 1. The Kier molecular flexibility index (Phi) is 5.69. The van der Waals surface area contributed by atoms with E-state index in [1.54, 1.807) is 0 Å². The van der Waals surface area contributed by atoms with Crippen LogP contribution in [-0.4, -0.2) is 17.5 Å². The summed E-state index contributed by atoms with van der Waals surface area (Å²) < 4.78 is 1.05. The van der Waals surface area contributed by atoms with Crippen LogP contribution in [0.1, 0.15) is 18.4 Å². The summed E-state index contributed by atoms with van der Waals surface area (Å²) in [5, 5.41) is 9.82. The van der Waals surface area contributed by atoms with Crippen LogP contribution in [0.2, 0.25) is 0 Å². The van der Waals surface area contributed by atoms with Gasteiger partial charge in [-0.2, -0.15) is 0 Å². The molecule has 4 nitrogen and oxygen atoms in total. The van der Waals surface area contributed by atoms with Gasteiger partial charge in [0.05, 0.1) is 0 Å². The molecule has 0 atom stereocenters. The number of rotatable bonds is 3. The van der Waals surface area contributed by atoms with Crippen LogP contribution in [0.5, 0.6) is 0 Å². The quantitative estimate of drug-likeness (QED) is 0.841. The first-order valence-corrected chi connectivity index (χ1v) is 6.07. The van der Waals surface area contributed by atoms with Crippen molar-refractivity contribution in [3.8, 4) is 0 Å². The van der Waals surface area contributed by atoms with Crippen molar-refractivity contribution >= 4 is 28.3 Å². The molecule has 1 amide bonds. The molecular formula is C12H14BrNO3. The molecule has 0 spiro atoms. The first kappa shape index (κ1) is 13.7. The standard InChI is InChI=1S/C11H12BrNO.CH2O2/c12-10-4-2-1-3-9(10)7-13-11(14)8-5-6-8;2-1-3/h1-4,8H,5-7H2,(H,13,14);1H,(H,2,3).